The number of nitrogens with zero attached hydrogens (tertiary/aromatic N) is 7. The minimum absolute atomic E-state index is 0.00892. The number of likely N-dealkylation sites (tertiary alicyclic amines) is 1. The van der Waals surface area contributed by atoms with Crippen LogP contribution in [0.3, 0.4) is 0 Å². The quantitative estimate of drug-likeness (QED) is 0.246. The number of aryl methyl sites for hydroxylation is 1. The van der Waals surface area contributed by atoms with Crippen molar-refractivity contribution < 1.29 is 0 Å². The first-order valence-electron chi connectivity index (χ1n) is 15.3. The summed E-state index contributed by atoms with van der Waals surface area (Å²) in [6, 6.07) is 35.7. The Kier molecular flexibility index (Phi) is 6.80. The van der Waals surface area contributed by atoms with E-state index in [0.29, 0.717) is 5.82 Å². The standard InChI is InChI=1S/C36H32N8O/c1-42-40-35(39-41-42)27-15-16-31-28(21-27)22-30(25-7-3-2-4-8-25)34(37-31)26-13-11-24(12-14-26)23-43-19-17-29(18-20-43)44-33-10-6-5-9-32(33)38-36(44)45/h2-16,21-22,29H,17-20,23H2,1H3,(H,38,45). The fraction of sp³-hybridized carbons (Fsp3) is 0.194. The Labute approximate surface area is 259 Å². The number of fused-ring (bicyclic) bond motifs is 2. The van der Waals surface area contributed by atoms with Gasteiger partial charge in [-0.15, -0.1) is 10.2 Å². The Hall–Kier alpha value is -5.41. The van der Waals surface area contributed by atoms with Crippen LogP contribution in [0.1, 0.15) is 24.4 Å². The second kappa shape index (κ2) is 11.3. The molecule has 3 aromatic heterocycles. The van der Waals surface area contributed by atoms with Gasteiger partial charge in [-0.2, -0.15) is 4.80 Å². The van der Waals surface area contributed by atoms with Gasteiger partial charge in [0.15, 0.2) is 0 Å². The Bertz CT molecular complexity index is 2190. The Morgan fingerprint density at radius 1 is 0.822 bits per heavy atom. The number of imidazole rings is 1. The lowest BCUT2D eigenvalue weighted by atomic mass is 9.96. The number of benzene rings is 4. The minimum Gasteiger partial charge on any atom is -0.306 e. The highest BCUT2D eigenvalue weighted by Crippen LogP contribution is 2.35. The van der Waals surface area contributed by atoms with E-state index in [1.54, 1.807) is 7.05 Å². The van der Waals surface area contributed by atoms with Crippen molar-refractivity contribution >= 4 is 21.9 Å². The molecule has 9 heteroatoms. The normalized spacial score (nSPS) is 14.4. The van der Waals surface area contributed by atoms with E-state index in [4.69, 9.17) is 4.98 Å². The van der Waals surface area contributed by atoms with E-state index in [-0.39, 0.29) is 11.7 Å². The molecule has 8 rings (SSSR count). The molecule has 0 aliphatic carbocycles. The molecule has 1 fully saturated rings. The van der Waals surface area contributed by atoms with E-state index < -0.39 is 0 Å². The van der Waals surface area contributed by atoms with Gasteiger partial charge in [-0.3, -0.25) is 9.47 Å². The number of hydrogen-bond acceptors (Lipinski definition) is 6. The number of pyridine rings is 1. The van der Waals surface area contributed by atoms with Crippen LogP contribution in [0.5, 0.6) is 0 Å². The molecular weight excluding hydrogens is 560 g/mol. The van der Waals surface area contributed by atoms with Crippen LogP contribution in [-0.2, 0) is 13.6 Å². The fourth-order valence-corrected chi connectivity index (χ4v) is 6.57. The topological polar surface area (TPSA) is 97.5 Å². The Balaban J connectivity index is 1.04. The third-order valence-corrected chi connectivity index (χ3v) is 8.85. The lowest BCUT2D eigenvalue weighted by Crippen LogP contribution is -2.36. The molecule has 222 valence electrons. The first-order chi connectivity index (χ1) is 22.1. The number of tetrazole rings is 1. The largest absolute Gasteiger partial charge is 0.326 e. The van der Waals surface area contributed by atoms with Gasteiger partial charge in [-0.25, -0.2) is 9.78 Å². The molecule has 0 saturated carbocycles. The molecule has 0 unspecified atom stereocenters. The maximum Gasteiger partial charge on any atom is 0.326 e. The number of piperidine rings is 1. The summed E-state index contributed by atoms with van der Waals surface area (Å²) >= 11 is 0. The third kappa shape index (κ3) is 5.21. The van der Waals surface area contributed by atoms with Gasteiger partial charge in [0.2, 0.25) is 5.82 Å². The lowest BCUT2D eigenvalue weighted by molar-refractivity contribution is 0.180. The van der Waals surface area contributed by atoms with Gasteiger partial charge in [-0.1, -0.05) is 66.7 Å². The number of rotatable bonds is 6. The summed E-state index contributed by atoms with van der Waals surface area (Å²) in [4.78, 5) is 24.8. The highest BCUT2D eigenvalue weighted by Gasteiger charge is 2.23. The van der Waals surface area contributed by atoms with Crippen LogP contribution in [0.2, 0.25) is 0 Å². The molecule has 1 aliphatic rings. The van der Waals surface area contributed by atoms with Crippen molar-refractivity contribution in [1.29, 1.82) is 0 Å². The third-order valence-electron chi connectivity index (χ3n) is 8.85. The molecule has 1 N–H and O–H groups in total. The average Bonchev–Trinajstić information content (AvgIpc) is 3.67. The van der Waals surface area contributed by atoms with E-state index in [9.17, 15) is 4.79 Å². The summed E-state index contributed by atoms with van der Waals surface area (Å²) in [7, 11) is 1.77. The predicted octanol–water partition coefficient (Wildman–Crippen LogP) is 6.24. The van der Waals surface area contributed by atoms with E-state index in [1.807, 2.05) is 47.0 Å². The summed E-state index contributed by atoms with van der Waals surface area (Å²) in [5.41, 5.74) is 9.22. The van der Waals surface area contributed by atoms with Crippen molar-refractivity contribution in [3.05, 3.63) is 119 Å². The maximum absolute atomic E-state index is 12.7. The Morgan fingerprint density at radius 3 is 2.36 bits per heavy atom. The summed E-state index contributed by atoms with van der Waals surface area (Å²) < 4.78 is 1.95. The molecule has 1 saturated heterocycles. The zero-order valence-electron chi connectivity index (χ0n) is 25.0. The summed E-state index contributed by atoms with van der Waals surface area (Å²) in [5.74, 6) is 0.594. The van der Waals surface area contributed by atoms with Crippen molar-refractivity contribution in [3.63, 3.8) is 0 Å². The van der Waals surface area contributed by atoms with Crippen LogP contribution >= 0.6 is 0 Å². The van der Waals surface area contributed by atoms with Crippen LogP contribution in [0, 0.1) is 0 Å². The molecule has 0 atom stereocenters. The molecule has 0 spiro atoms. The van der Waals surface area contributed by atoms with Gasteiger partial charge >= 0.3 is 5.69 Å². The number of aromatic nitrogens is 7. The van der Waals surface area contributed by atoms with Gasteiger partial charge in [0.05, 0.1) is 29.3 Å². The van der Waals surface area contributed by atoms with Crippen LogP contribution < -0.4 is 5.69 Å². The monoisotopic (exact) mass is 592 g/mol. The van der Waals surface area contributed by atoms with Crippen molar-refractivity contribution in [2.45, 2.75) is 25.4 Å². The molecule has 7 aromatic rings. The molecule has 1 aliphatic heterocycles. The molecule has 4 heterocycles. The van der Waals surface area contributed by atoms with Crippen molar-refractivity contribution in [3.8, 4) is 33.8 Å². The van der Waals surface area contributed by atoms with Crippen molar-refractivity contribution in [1.82, 2.24) is 39.6 Å². The van der Waals surface area contributed by atoms with Gasteiger partial charge in [0, 0.05) is 47.8 Å². The molecule has 9 nitrogen and oxygen atoms in total. The molecule has 45 heavy (non-hydrogen) atoms. The minimum atomic E-state index is -0.00892. The number of para-hydroxylation sites is 2. The van der Waals surface area contributed by atoms with Crippen molar-refractivity contribution in [2.24, 2.45) is 7.05 Å². The number of H-pyrrole nitrogens is 1. The predicted molar refractivity (Wildman–Crippen MR) is 177 cm³/mol. The summed E-state index contributed by atoms with van der Waals surface area (Å²) in [6.45, 7) is 2.79. The molecule has 4 aromatic carbocycles. The second-order valence-electron chi connectivity index (χ2n) is 11.8. The zero-order chi connectivity index (χ0) is 30.3. The van der Waals surface area contributed by atoms with Gasteiger partial charge in [-0.05, 0) is 65.6 Å². The van der Waals surface area contributed by atoms with E-state index >= 15 is 0 Å². The van der Waals surface area contributed by atoms with Gasteiger partial charge in [0.25, 0.3) is 0 Å². The van der Waals surface area contributed by atoms with Gasteiger partial charge in [0.1, 0.15) is 0 Å². The highest BCUT2D eigenvalue weighted by atomic mass is 16.1. The van der Waals surface area contributed by atoms with Crippen LogP contribution in [0.15, 0.2) is 108 Å². The SMILES string of the molecule is Cn1nnc(-c2ccc3nc(-c4ccc(CN5CCC(n6c(=O)[nH]c7ccccc76)CC5)cc4)c(-c4ccccc4)cc3c2)n1. The van der Waals surface area contributed by atoms with Crippen LogP contribution in [0.4, 0.5) is 0 Å². The number of aromatic amines is 1. The number of hydrogen-bond donors (Lipinski definition) is 1. The molecule has 0 bridgehead atoms. The van der Waals surface area contributed by atoms with Crippen LogP contribution in [0.25, 0.3) is 55.7 Å². The zero-order valence-corrected chi connectivity index (χ0v) is 25.0. The smallest absolute Gasteiger partial charge is 0.306 e. The van der Waals surface area contributed by atoms with E-state index in [0.717, 1.165) is 82.4 Å². The van der Waals surface area contributed by atoms with Gasteiger partial charge < -0.3 is 4.98 Å². The summed E-state index contributed by atoms with van der Waals surface area (Å²) in [6.07, 6.45) is 1.91. The first-order valence-corrected chi connectivity index (χ1v) is 15.3. The number of nitrogens with one attached hydrogen (secondary N) is 1. The molecule has 0 radical (unpaired) electrons. The Morgan fingerprint density at radius 2 is 1.58 bits per heavy atom. The second-order valence-corrected chi connectivity index (χ2v) is 11.8. The van der Waals surface area contributed by atoms with E-state index in [2.05, 4.69) is 86.0 Å². The molecular formula is C36H32N8O. The highest BCUT2D eigenvalue weighted by molar-refractivity contribution is 5.93. The van der Waals surface area contributed by atoms with Crippen LogP contribution in [-0.4, -0.2) is 52.7 Å². The maximum atomic E-state index is 12.7. The fourth-order valence-electron chi connectivity index (χ4n) is 6.57. The summed E-state index contributed by atoms with van der Waals surface area (Å²) in [5, 5.41) is 13.6. The van der Waals surface area contributed by atoms with E-state index in [1.165, 1.54) is 10.4 Å². The average molecular weight is 593 g/mol. The van der Waals surface area contributed by atoms with Crippen molar-refractivity contribution in [2.75, 3.05) is 13.1 Å². The first kappa shape index (κ1) is 27.2. The lowest BCUT2D eigenvalue weighted by Gasteiger charge is -2.32. The molecule has 0 amide bonds.